The first-order valence-corrected chi connectivity index (χ1v) is 11.3. The molecule has 0 radical (unpaired) electrons. The number of para-hydroxylation sites is 1. The molecule has 1 heterocycles. The van der Waals surface area contributed by atoms with Crippen molar-refractivity contribution in [1.82, 2.24) is 15.1 Å². The molecule has 174 valence electrons. The summed E-state index contributed by atoms with van der Waals surface area (Å²) in [6, 6.07) is 15.3. The lowest BCUT2D eigenvalue weighted by atomic mass is 10.1. The quantitative estimate of drug-likeness (QED) is 0.373. The molecule has 0 bridgehead atoms. The van der Waals surface area contributed by atoms with Gasteiger partial charge in [0, 0.05) is 41.9 Å². The molecule has 7 heteroatoms. The lowest BCUT2D eigenvalue weighted by Crippen LogP contribution is -2.36. The number of carbonyl (C=O) groups is 2. The molecule has 0 aliphatic heterocycles. The van der Waals surface area contributed by atoms with Gasteiger partial charge in [0.05, 0.1) is 12.8 Å². The molecule has 0 spiro atoms. The van der Waals surface area contributed by atoms with E-state index in [0.717, 1.165) is 35.3 Å². The van der Waals surface area contributed by atoms with Crippen molar-refractivity contribution in [3.63, 3.8) is 0 Å². The Hall–Kier alpha value is -3.61. The lowest BCUT2D eigenvalue weighted by Gasteiger charge is -2.28. The molecule has 1 aromatic heterocycles. The molecule has 2 N–H and O–H groups in total. The number of aliphatic carboxylic acids is 1. The van der Waals surface area contributed by atoms with Crippen molar-refractivity contribution in [2.24, 2.45) is 0 Å². The van der Waals surface area contributed by atoms with Crippen LogP contribution in [0.25, 0.3) is 11.1 Å². The van der Waals surface area contributed by atoms with Gasteiger partial charge in [-0.05, 0) is 56.9 Å². The van der Waals surface area contributed by atoms with Crippen LogP contribution in [0.4, 0.5) is 0 Å². The molecule has 0 fully saturated rings. The van der Waals surface area contributed by atoms with Gasteiger partial charge >= 0.3 is 5.97 Å². The van der Waals surface area contributed by atoms with Crippen LogP contribution in [0.3, 0.4) is 0 Å². The molecule has 0 aliphatic carbocycles. The van der Waals surface area contributed by atoms with Gasteiger partial charge in [-0.15, -0.1) is 0 Å². The van der Waals surface area contributed by atoms with E-state index in [1.807, 2.05) is 73.5 Å². The second kappa shape index (κ2) is 11.9. The number of carbonyl (C=O) groups excluding carboxylic acids is 1. The third-order valence-corrected chi connectivity index (χ3v) is 5.45. The molecule has 7 nitrogen and oxygen atoms in total. The first-order chi connectivity index (χ1) is 16.0. The molecule has 0 unspecified atom stereocenters. The van der Waals surface area contributed by atoms with E-state index < -0.39 is 5.97 Å². The van der Waals surface area contributed by atoms with Crippen molar-refractivity contribution in [2.45, 2.75) is 52.1 Å². The number of aromatic nitrogens is 2. The Morgan fingerprint density at radius 3 is 2.45 bits per heavy atom. The number of nitrogens with zero attached hydrogens (tertiary/aromatic N) is 2. The third kappa shape index (κ3) is 6.94. The number of unbranched alkanes of at least 4 members (excludes halogenated alkanes) is 2. The van der Waals surface area contributed by atoms with Crippen LogP contribution >= 0.6 is 0 Å². The summed E-state index contributed by atoms with van der Waals surface area (Å²) in [5.41, 5.74) is 3.55. The summed E-state index contributed by atoms with van der Waals surface area (Å²) >= 11 is 0. The highest BCUT2D eigenvalue weighted by molar-refractivity contribution is 5.95. The number of amides is 1. The average molecular weight is 450 g/mol. The van der Waals surface area contributed by atoms with Gasteiger partial charge < -0.3 is 14.7 Å². The second-order valence-electron chi connectivity index (χ2n) is 8.25. The number of carboxylic acid groups (broad SMARTS) is 1. The molecule has 3 aromatic rings. The van der Waals surface area contributed by atoms with Crippen molar-refractivity contribution in [3.05, 3.63) is 72.1 Å². The highest BCUT2D eigenvalue weighted by Gasteiger charge is 2.21. The minimum absolute atomic E-state index is 0.00938. The van der Waals surface area contributed by atoms with Gasteiger partial charge in [-0.2, -0.15) is 5.10 Å². The van der Waals surface area contributed by atoms with Crippen LogP contribution in [-0.2, 0) is 11.3 Å². The summed E-state index contributed by atoms with van der Waals surface area (Å²) in [6.07, 6.45) is 6.00. The topological polar surface area (TPSA) is 95.5 Å². The van der Waals surface area contributed by atoms with Gasteiger partial charge in [-0.3, -0.25) is 14.7 Å². The van der Waals surface area contributed by atoms with Crippen LogP contribution in [0.15, 0.2) is 60.9 Å². The molecule has 1 amide bonds. The Morgan fingerprint density at radius 1 is 1.03 bits per heavy atom. The third-order valence-electron chi connectivity index (χ3n) is 5.45. The monoisotopic (exact) mass is 449 g/mol. The van der Waals surface area contributed by atoms with E-state index >= 15 is 0 Å². The number of hydrogen-bond donors (Lipinski definition) is 2. The Bertz CT molecular complexity index is 1030. The average Bonchev–Trinajstić information content (AvgIpc) is 3.35. The maximum Gasteiger partial charge on any atom is 0.303 e. The minimum Gasteiger partial charge on any atom is -0.493 e. The van der Waals surface area contributed by atoms with Crippen molar-refractivity contribution < 1.29 is 19.4 Å². The standard InChI is InChI=1S/C26H31N3O4/c1-19(2)29(26(32)21-13-11-20(12-14-21)23-16-27-28-17-23)18-22-8-5-6-9-24(22)33-15-7-3-4-10-25(30)31/h5-6,8-9,11-14,16-17,19H,3-4,7,10,15,18H2,1-2H3,(H,27,28)(H,30,31). The smallest absolute Gasteiger partial charge is 0.303 e. The fourth-order valence-corrected chi connectivity index (χ4v) is 3.56. The van der Waals surface area contributed by atoms with Gasteiger partial charge in [0.15, 0.2) is 0 Å². The van der Waals surface area contributed by atoms with E-state index in [-0.39, 0.29) is 18.4 Å². The molecular weight excluding hydrogens is 418 g/mol. The number of nitrogens with one attached hydrogen (secondary N) is 1. The van der Waals surface area contributed by atoms with E-state index in [0.29, 0.717) is 25.1 Å². The Kier molecular flexibility index (Phi) is 8.63. The Balaban J connectivity index is 1.64. The van der Waals surface area contributed by atoms with Crippen molar-refractivity contribution in [1.29, 1.82) is 0 Å². The molecular formula is C26H31N3O4. The predicted molar refractivity (Wildman–Crippen MR) is 127 cm³/mol. The molecule has 0 saturated carbocycles. The zero-order valence-electron chi connectivity index (χ0n) is 19.2. The van der Waals surface area contributed by atoms with E-state index in [1.165, 1.54) is 0 Å². The van der Waals surface area contributed by atoms with Gasteiger partial charge in [-0.1, -0.05) is 30.3 Å². The molecule has 33 heavy (non-hydrogen) atoms. The number of ether oxygens (including phenoxy) is 1. The number of hydrogen-bond acceptors (Lipinski definition) is 4. The van der Waals surface area contributed by atoms with Crippen LogP contribution < -0.4 is 4.74 Å². The lowest BCUT2D eigenvalue weighted by molar-refractivity contribution is -0.137. The summed E-state index contributed by atoms with van der Waals surface area (Å²) < 4.78 is 5.97. The maximum atomic E-state index is 13.3. The molecule has 0 atom stereocenters. The van der Waals surface area contributed by atoms with Crippen LogP contribution in [0.5, 0.6) is 5.75 Å². The summed E-state index contributed by atoms with van der Waals surface area (Å²) in [5, 5.41) is 15.5. The summed E-state index contributed by atoms with van der Waals surface area (Å²) in [4.78, 5) is 25.8. The highest BCUT2D eigenvalue weighted by Crippen LogP contribution is 2.24. The molecule has 3 rings (SSSR count). The fraction of sp³-hybridized carbons (Fsp3) is 0.346. The van der Waals surface area contributed by atoms with Crippen LogP contribution in [0.1, 0.15) is 55.5 Å². The van der Waals surface area contributed by atoms with Gasteiger partial charge in [0.25, 0.3) is 5.91 Å². The van der Waals surface area contributed by atoms with Gasteiger partial charge in [-0.25, -0.2) is 0 Å². The minimum atomic E-state index is -0.768. The number of aromatic amines is 1. The predicted octanol–water partition coefficient (Wildman–Crippen LogP) is 5.15. The van der Waals surface area contributed by atoms with Crippen molar-refractivity contribution >= 4 is 11.9 Å². The number of carboxylic acids is 1. The first kappa shape index (κ1) is 24.0. The van der Waals surface area contributed by atoms with Gasteiger partial charge in [0.2, 0.25) is 0 Å². The van der Waals surface area contributed by atoms with E-state index in [2.05, 4.69) is 10.2 Å². The molecule has 0 saturated heterocycles. The van der Waals surface area contributed by atoms with Crippen LogP contribution in [0.2, 0.25) is 0 Å². The maximum absolute atomic E-state index is 13.3. The zero-order chi connectivity index (χ0) is 23.6. The molecule has 2 aromatic carbocycles. The number of rotatable bonds is 12. The van der Waals surface area contributed by atoms with Crippen LogP contribution in [0, 0.1) is 0 Å². The highest BCUT2D eigenvalue weighted by atomic mass is 16.5. The Morgan fingerprint density at radius 2 is 1.79 bits per heavy atom. The summed E-state index contributed by atoms with van der Waals surface area (Å²) in [6.45, 7) is 4.96. The summed E-state index contributed by atoms with van der Waals surface area (Å²) in [5.74, 6) is -0.0486. The number of benzene rings is 2. The molecule has 0 aliphatic rings. The SMILES string of the molecule is CC(C)N(Cc1ccccc1OCCCCCC(=O)O)C(=O)c1ccc(-c2cn[nH]c2)cc1. The van der Waals surface area contributed by atoms with Crippen molar-refractivity contribution in [3.8, 4) is 16.9 Å². The summed E-state index contributed by atoms with van der Waals surface area (Å²) in [7, 11) is 0. The van der Waals surface area contributed by atoms with E-state index in [1.54, 1.807) is 6.20 Å². The second-order valence-corrected chi connectivity index (χ2v) is 8.25. The number of H-pyrrole nitrogens is 1. The fourth-order valence-electron chi connectivity index (χ4n) is 3.56. The first-order valence-electron chi connectivity index (χ1n) is 11.3. The van der Waals surface area contributed by atoms with E-state index in [9.17, 15) is 9.59 Å². The zero-order valence-corrected chi connectivity index (χ0v) is 19.2. The van der Waals surface area contributed by atoms with Crippen LogP contribution in [-0.4, -0.2) is 44.7 Å². The normalized spacial score (nSPS) is 10.9. The Labute approximate surface area is 194 Å². The van der Waals surface area contributed by atoms with E-state index in [4.69, 9.17) is 9.84 Å². The van der Waals surface area contributed by atoms with Gasteiger partial charge in [0.1, 0.15) is 5.75 Å². The largest absolute Gasteiger partial charge is 0.493 e. The van der Waals surface area contributed by atoms with Crippen molar-refractivity contribution in [2.75, 3.05) is 6.61 Å².